The van der Waals surface area contributed by atoms with Gasteiger partial charge in [0.25, 0.3) is 0 Å². The van der Waals surface area contributed by atoms with Crippen molar-refractivity contribution in [2.24, 2.45) is 0 Å². The summed E-state index contributed by atoms with van der Waals surface area (Å²) in [5.41, 5.74) is 0. The number of thiophene rings is 1. The quantitative estimate of drug-likeness (QED) is 0.883. The van der Waals surface area contributed by atoms with Gasteiger partial charge < -0.3 is 14.7 Å². The second-order valence-electron chi connectivity index (χ2n) is 5.77. The molecule has 116 valence electrons. The van der Waals surface area contributed by atoms with E-state index in [0.29, 0.717) is 32.7 Å². The van der Waals surface area contributed by atoms with E-state index in [0.717, 1.165) is 18.0 Å². The Kier molecular flexibility index (Phi) is 4.59. The van der Waals surface area contributed by atoms with E-state index in [4.69, 9.17) is 4.74 Å². The SMILES string of the molecule is Cc1ccc(CC(=O)N2C[C@@H](O)[C@H](N3CCOCC3)C2)s1. The van der Waals surface area contributed by atoms with Gasteiger partial charge in [-0.3, -0.25) is 9.69 Å². The Bertz CT molecular complexity index is 499. The van der Waals surface area contributed by atoms with Crippen molar-refractivity contribution in [1.82, 2.24) is 9.80 Å². The third kappa shape index (κ3) is 3.45. The summed E-state index contributed by atoms with van der Waals surface area (Å²) in [6.07, 6.45) is -0.00162. The predicted octanol–water partition coefficient (Wildman–Crippen LogP) is 0.503. The number of carbonyl (C=O) groups is 1. The van der Waals surface area contributed by atoms with Crippen molar-refractivity contribution in [3.63, 3.8) is 0 Å². The maximum atomic E-state index is 12.4. The number of nitrogens with zero attached hydrogens (tertiary/aromatic N) is 2. The van der Waals surface area contributed by atoms with Crippen LogP contribution in [0, 0.1) is 6.92 Å². The van der Waals surface area contributed by atoms with E-state index in [1.807, 2.05) is 19.1 Å². The zero-order valence-electron chi connectivity index (χ0n) is 12.3. The molecule has 0 saturated carbocycles. The minimum absolute atomic E-state index is 0.0583. The molecule has 1 amide bonds. The highest BCUT2D eigenvalue weighted by molar-refractivity contribution is 7.12. The third-order valence-corrected chi connectivity index (χ3v) is 5.25. The first kappa shape index (κ1) is 15.0. The fourth-order valence-corrected chi connectivity index (χ4v) is 3.96. The number of carbonyl (C=O) groups excluding carboxylic acids is 1. The molecule has 0 aromatic carbocycles. The number of ether oxygens (including phenoxy) is 1. The number of likely N-dealkylation sites (tertiary alicyclic amines) is 1. The average molecular weight is 310 g/mol. The van der Waals surface area contributed by atoms with Crippen molar-refractivity contribution in [1.29, 1.82) is 0 Å². The fourth-order valence-electron chi connectivity index (χ4n) is 3.08. The summed E-state index contributed by atoms with van der Waals surface area (Å²) in [5.74, 6) is 0.117. The number of aliphatic hydroxyl groups is 1. The highest BCUT2D eigenvalue weighted by Gasteiger charge is 2.37. The lowest BCUT2D eigenvalue weighted by Gasteiger charge is -2.33. The van der Waals surface area contributed by atoms with Crippen LogP contribution in [0.1, 0.15) is 9.75 Å². The zero-order valence-corrected chi connectivity index (χ0v) is 13.1. The lowest BCUT2D eigenvalue weighted by molar-refractivity contribution is -0.129. The van der Waals surface area contributed by atoms with Gasteiger partial charge in [0.15, 0.2) is 0 Å². The van der Waals surface area contributed by atoms with Crippen LogP contribution in [-0.2, 0) is 16.0 Å². The number of aliphatic hydroxyl groups excluding tert-OH is 1. The molecular formula is C15H22N2O3S. The van der Waals surface area contributed by atoms with E-state index in [-0.39, 0.29) is 11.9 Å². The normalized spacial score (nSPS) is 27.2. The van der Waals surface area contributed by atoms with Crippen molar-refractivity contribution in [2.45, 2.75) is 25.5 Å². The van der Waals surface area contributed by atoms with Gasteiger partial charge >= 0.3 is 0 Å². The van der Waals surface area contributed by atoms with Gasteiger partial charge in [-0.15, -0.1) is 11.3 Å². The molecule has 0 aliphatic carbocycles. The van der Waals surface area contributed by atoms with Gasteiger partial charge in [-0.25, -0.2) is 0 Å². The minimum atomic E-state index is -0.447. The first-order valence-corrected chi connectivity index (χ1v) is 8.28. The minimum Gasteiger partial charge on any atom is -0.390 e. The lowest BCUT2D eigenvalue weighted by atomic mass is 10.1. The number of β-amino-alcohol motifs (C(OH)–C–C–N with tert-alkyl or cyclic N) is 1. The van der Waals surface area contributed by atoms with E-state index >= 15 is 0 Å². The standard InChI is InChI=1S/C15H22N2O3S/c1-11-2-3-12(21-11)8-15(19)17-9-13(14(18)10-17)16-4-6-20-7-5-16/h2-3,13-14,18H,4-10H2,1H3/t13-,14-/m1/s1. The number of morpholine rings is 1. The molecule has 2 saturated heterocycles. The molecule has 1 aromatic rings. The number of amides is 1. The third-order valence-electron chi connectivity index (χ3n) is 4.25. The molecule has 0 bridgehead atoms. The monoisotopic (exact) mass is 310 g/mol. The summed E-state index contributed by atoms with van der Waals surface area (Å²) in [5, 5.41) is 10.3. The number of hydrogen-bond acceptors (Lipinski definition) is 5. The van der Waals surface area contributed by atoms with E-state index in [2.05, 4.69) is 4.90 Å². The van der Waals surface area contributed by atoms with Gasteiger partial charge in [0, 0.05) is 35.9 Å². The molecule has 2 aliphatic heterocycles. The predicted molar refractivity (Wildman–Crippen MR) is 81.5 cm³/mol. The Balaban J connectivity index is 1.58. The number of aryl methyl sites for hydroxylation is 1. The van der Waals surface area contributed by atoms with Crippen LogP contribution in [0.25, 0.3) is 0 Å². The van der Waals surface area contributed by atoms with Crippen LogP contribution in [-0.4, -0.2) is 72.4 Å². The van der Waals surface area contributed by atoms with Crippen molar-refractivity contribution < 1.29 is 14.6 Å². The van der Waals surface area contributed by atoms with Crippen LogP contribution in [0.5, 0.6) is 0 Å². The second-order valence-corrected chi connectivity index (χ2v) is 7.14. The zero-order chi connectivity index (χ0) is 14.8. The lowest BCUT2D eigenvalue weighted by Crippen LogP contribution is -2.49. The highest BCUT2D eigenvalue weighted by Crippen LogP contribution is 2.21. The Hall–Kier alpha value is -0.950. The fraction of sp³-hybridized carbons (Fsp3) is 0.667. The van der Waals surface area contributed by atoms with Crippen LogP contribution in [0.2, 0.25) is 0 Å². The first-order chi connectivity index (χ1) is 10.1. The second kappa shape index (κ2) is 6.44. The molecule has 21 heavy (non-hydrogen) atoms. The maximum absolute atomic E-state index is 12.4. The average Bonchev–Trinajstić information content (AvgIpc) is 3.06. The Morgan fingerprint density at radius 1 is 1.38 bits per heavy atom. The van der Waals surface area contributed by atoms with Crippen LogP contribution in [0.4, 0.5) is 0 Å². The van der Waals surface area contributed by atoms with Gasteiger partial charge in [-0.05, 0) is 19.1 Å². The van der Waals surface area contributed by atoms with Crippen molar-refractivity contribution in [2.75, 3.05) is 39.4 Å². The molecule has 0 unspecified atom stereocenters. The number of rotatable bonds is 3. The van der Waals surface area contributed by atoms with Gasteiger partial charge in [0.1, 0.15) is 0 Å². The topological polar surface area (TPSA) is 53.0 Å². The van der Waals surface area contributed by atoms with Crippen LogP contribution in [0.3, 0.4) is 0 Å². The van der Waals surface area contributed by atoms with Gasteiger partial charge in [0.05, 0.1) is 31.8 Å². The summed E-state index contributed by atoms with van der Waals surface area (Å²) < 4.78 is 5.35. The van der Waals surface area contributed by atoms with E-state index in [9.17, 15) is 9.90 Å². The van der Waals surface area contributed by atoms with Crippen LogP contribution in [0.15, 0.2) is 12.1 Å². The maximum Gasteiger partial charge on any atom is 0.227 e. The Morgan fingerprint density at radius 2 is 2.14 bits per heavy atom. The molecule has 5 nitrogen and oxygen atoms in total. The molecule has 6 heteroatoms. The molecule has 3 rings (SSSR count). The molecule has 0 radical (unpaired) electrons. The molecule has 3 heterocycles. The molecule has 0 spiro atoms. The van der Waals surface area contributed by atoms with Gasteiger partial charge in [-0.2, -0.15) is 0 Å². The first-order valence-electron chi connectivity index (χ1n) is 7.46. The van der Waals surface area contributed by atoms with E-state index in [1.165, 1.54) is 4.88 Å². The van der Waals surface area contributed by atoms with Gasteiger partial charge in [-0.1, -0.05) is 0 Å². The van der Waals surface area contributed by atoms with E-state index in [1.54, 1.807) is 16.2 Å². The Morgan fingerprint density at radius 3 is 2.81 bits per heavy atom. The summed E-state index contributed by atoms with van der Waals surface area (Å²) in [4.78, 5) is 18.8. The van der Waals surface area contributed by atoms with Crippen LogP contribution >= 0.6 is 11.3 Å². The number of hydrogen-bond donors (Lipinski definition) is 1. The summed E-state index contributed by atoms with van der Waals surface area (Å²) in [6.45, 7) is 6.24. The van der Waals surface area contributed by atoms with Crippen LogP contribution < -0.4 is 0 Å². The smallest absolute Gasteiger partial charge is 0.227 e. The highest BCUT2D eigenvalue weighted by atomic mass is 32.1. The molecule has 2 atom stereocenters. The molecule has 2 fully saturated rings. The van der Waals surface area contributed by atoms with Crippen molar-refractivity contribution >= 4 is 17.2 Å². The van der Waals surface area contributed by atoms with E-state index < -0.39 is 6.10 Å². The summed E-state index contributed by atoms with van der Waals surface area (Å²) in [6, 6.07) is 4.12. The molecule has 1 N–H and O–H groups in total. The van der Waals surface area contributed by atoms with Crippen molar-refractivity contribution in [3.8, 4) is 0 Å². The Labute approximate surface area is 129 Å². The largest absolute Gasteiger partial charge is 0.390 e. The molecule has 2 aliphatic rings. The van der Waals surface area contributed by atoms with Gasteiger partial charge in [0.2, 0.25) is 5.91 Å². The van der Waals surface area contributed by atoms with Crippen molar-refractivity contribution in [3.05, 3.63) is 21.9 Å². The molecule has 1 aromatic heterocycles. The summed E-state index contributed by atoms with van der Waals surface area (Å²) >= 11 is 1.67. The molecular weight excluding hydrogens is 288 g/mol. The summed E-state index contributed by atoms with van der Waals surface area (Å²) in [7, 11) is 0.